The van der Waals surface area contributed by atoms with Crippen molar-refractivity contribution in [2.45, 2.75) is 6.42 Å². The molecule has 1 N–H and O–H groups in total. The van der Waals surface area contributed by atoms with Crippen LogP contribution in [0.1, 0.15) is 15.9 Å². The molecule has 1 aliphatic rings. The number of carbonyl (C=O) groups is 2. The minimum atomic E-state index is -0.300. The number of benzene rings is 2. The van der Waals surface area contributed by atoms with Crippen molar-refractivity contribution >= 4 is 46.4 Å². The Morgan fingerprint density at radius 3 is 2.68 bits per heavy atom. The maximum Gasteiger partial charge on any atom is 0.255 e. The molecule has 0 fully saturated rings. The summed E-state index contributed by atoms with van der Waals surface area (Å²) in [4.78, 5) is 26.2. The van der Waals surface area contributed by atoms with Crippen LogP contribution in [0.2, 0.25) is 10.0 Å². The van der Waals surface area contributed by atoms with Gasteiger partial charge in [-0.2, -0.15) is 0 Å². The van der Waals surface area contributed by atoms with Gasteiger partial charge >= 0.3 is 0 Å². The molecule has 0 atom stereocenters. The summed E-state index contributed by atoms with van der Waals surface area (Å²) in [5.74, 6) is -0.402. The minimum absolute atomic E-state index is 0.0271. The molecule has 2 aromatic rings. The van der Waals surface area contributed by atoms with Gasteiger partial charge in [-0.15, -0.1) is 0 Å². The zero-order valence-corrected chi connectivity index (χ0v) is 15.0. The number of amides is 2. The zero-order valence-electron chi connectivity index (χ0n) is 13.5. The summed E-state index contributed by atoms with van der Waals surface area (Å²) in [7, 11) is 1.49. The van der Waals surface area contributed by atoms with Crippen molar-refractivity contribution in [2.24, 2.45) is 0 Å². The van der Waals surface area contributed by atoms with Crippen LogP contribution < -0.4 is 10.2 Å². The van der Waals surface area contributed by atoms with E-state index in [0.29, 0.717) is 27.8 Å². The van der Waals surface area contributed by atoms with E-state index in [1.807, 2.05) is 12.1 Å². The number of nitrogens with one attached hydrogen (secondary N) is 1. The van der Waals surface area contributed by atoms with Gasteiger partial charge in [-0.3, -0.25) is 9.59 Å². The highest BCUT2D eigenvalue weighted by Crippen LogP contribution is 2.31. The molecule has 130 valence electrons. The standard InChI is InChI=1S/C18H16Cl2N2O3/c1-25-10-17(23)22-7-6-11-2-4-13(9-16(11)22)21-18(24)12-3-5-14(19)15(20)8-12/h2-5,8-9H,6-7,10H2,1H3,(H,21,24). The van der Waals surface area contributed by atoms with Gasteiger partial charge < -0.3 is 15.0 Å². The second-order valence-corrected chi connectivity index (χ2v) is 6.47. The van der Waals surface area contributed by atoms with Gasteiger partial charge in [0, 0.05) is 30.6 Å². The van der Waals surface area contributed by atoms with Crippen molar-refractivity contribution in [1.29, 1.82) is 0 Å². The fourth-order valence-corrected chi connectivity index (χ4v) is 3.06. The average Bonchev–Trinajstić information content (AvgIpc) is 3.00. The highest BCUT2D eigenvalue weighted by molar-refractivity contribution is 6.42. The number of hydrogen-bond donors (Lipinski definition) is 1. The molecule has 0 aliphatic carbocycles. The first kappa shape index (κ1) is 17.7. The number of rotatable bonds is 4. The number of nitrogens with zero attached hydrogens (tertiary/aromatic N) is 1. The van der Waals surface area contributed by atoms with Crippen molar-refractivity contribution in [2.75, 3.05) is 30.5 Å². The third kappa shape index (κ3) is 3.79. The van der Waals surface area contributed by atoms with E-state index in [-0.39, 0.29) is 18.4 Å². The Kier molecular flexibility index (Phi) is 5.27. The van der Waals surface area contributed by atoms with Crippen LogP contribution in [0.25, 0.3) is 0 Å². The fraction of sp³-hybridized carbons (Fsp3) is 0.222. The Morgan fingerprint density at radius 2 is 1.96 bits per heavy atom. The third-order valence-corrected chi connectivity index (χ3v) is 4.73. The summed E-state index contributed by atoms with van der Waals surface area (Å²) < 4.78 is 4.92. The SMILES string of the molecule is COCC(=O)N1CCc2ccc(NC(=O)c3ccc(Cl)c(Cl)c3)cc21. The van der Waals surface area contributed by atoms with Crippen LogP contribution >= 0.6 is 23.2 Å². The number of ether oxygens (including phenoxy) is 1. The van der Waals surface area contributed by atoms with E-state index >= 15 is 0 Å². The molecule has 25 heavy (non-hydrogen) atoms. The molecule has 3 rings (SSSR count). The lowest BCUT2D eigenvalue weighted by molar-refractivity contribution is -0.122. The van der Waals surface area contributed by atoms with Crippen molar-refractivity contribution in [1.82, 2.24) is 0 Å². The molecule has 0 saturated heterocycles. The molecule has 0 bridgehead atoms. The molecule has 0 radical (unpaired) electrons. The number of hydrogen-bond acceptors (Lipinski definition) is 3. The lowest BCUT2D eigenvalue weighted by Gasteiger charge is -2.17. The van der Waals surface area contributed by atoms with Crippen LogP contribution in [0.15, 0.2) is 36.4 Å². The molecule has 7 heteroatoms. The molecule has 2 aromatic carbocycles. The van der Waals surface area contributed by atoms with E-state index < -0.39 is 0 Å². The molecular weight excluding hydrogens is 363 g/mol. The van der Waals surface area contributed by atoms with Crippen molar-refractivity contribution in [3.8, 4) is 0 Å². The van der Waals surface area contributed by atoms with Crippen molar-refractivity contribution in [3.63, 3.8) is 0 Å². The number of carbonyl (C=O) groups excluding carboxylic acids is 2. The molecule has 0 aromatic heterocycles. The fourth-order valence-electron chi connectivity index (χ4n) is 2.76. The molecule has 5 nitrogen and oxygen atoms in total. The first-order valence-corrected chi connectivity index (χ1v) is 8.44. The Hall–Kier alpha value is -2.08. The second-order valence-electron chi connectivity index (χ2n) is 5.65. The largest absolute Gasteiger partial charge is 0.375 e. The normalized spacial score (nSPS) is 12.8. The average molecular weight is 379 g/mol. The number of methoxy groups -OCH3 is 1. The highest BCUT2D eigenvalue weighted by atomic mass is 35.5. The zero-order chi connectivity index (χ0) is 18.0. The van der Waals surface area contributed by atoms with Crippen molar-refractivity contribution < 1.29 is 14.3 Å². The molecule has 0 unspecified atom stereocenters. The molecule has 0 saturated carbocycles. The molecule has 2 amide bonds. The molecule has 1 heterocycles. The second kappa shape index (κ2) is 7.44. The van der Waals surface area contributed by atoms with E-state index in [2.05, 4.69) is 5.32 Å². The summed E-state index contributed by atoms with van der Waals surface area (Å²) >= 11 is 11.8. The van der Waals surface area contributed by atoms with Gasteiger partial charge in [0.25, 0.3) is 11.8 Å². The van der Waals surface area contributed by atoms with Gasteiger partial charge in [0.15, 0.2) is 0 Å². The number of anilines is 2. The Labute approximate surface area is 155 Å². The Morgan fingerprint density at radius 1 is 1.16 bits per heavy atom. The van der Waals surface area contributed by atoms with E-state index in [4.69, 9.17) is 27.9 Å². The topological polar surface area (TPSA) is 58.6 Å². The summed E-state index contributed by atoms with van der Waals surface area (Å²) in [6, 6.07) is 10.2. The maximum atomic E-state index is 12.4. The maximum absolute atomic E-state index is 12.4. The smallest absolute Gasteiger partial charge is 0.255 e. The van der Waals surface area contributed by atoms with Gasteiger partial charge in [0.1, 0.15) is 6.61 Å². The van der Waals surface area contributed by atoms with Crippen LogP contribution in [0, 0.1) is 0 Å². The van der Waals surface area contributed by atoms with Crippen LogP contribution in [0.4, 0.5) is 11.4 Å². The monoisotopic (exact) mass is 378 g/mol. The first-order valence-electron chi connectivity index (χ1n) is 7.68. The summed E-state index contributed by atoms with van der Waals surface area (Å²) in [6.07, 6.45) is 0.784. The highest BCUT2D eigenvalue weighted by Gasteiger charge is 2.25. The minimum Gasteiger partial charge on any atom is -0.375 e. The molecule has 1 aliphatic heterocycles. The molecular formula is C18H16Cl2N2O3. The summed E-state index contributed by atoms with van der Waals surface area (Å²) in [5, 5.41) is 3.53. The Bertz CT molecular complexity index is 839. The predicted octanol–water partition coefficient (Wildman–Crippen LogP) is 3.78. The van der Waals surface area contributed by atoms with E-state index in [1.54, 1.807) is 23.1 Å². The van der Waals surface area contributed by atoms with Crippen LogP contribution in [0.5, 0.6) is 0 Å². The lowest BCUT2D eigenvalue weighted by Crippen LogP contribution is -2.32. The van der Waals surface area contributed by atoms with Gasteiger partial charge in [-0.1, -0.05) is 29.3 Å². The van der Waals surface area contributed by atoms with Gasteiger partial charge in [0.05, 0.1) is 10.0 Å². The Balaban J connectivity index is 1.80. The lowest BCUT2D eigenvalue weighted by atomic mass is 10.1. The number of fused-ring (bicyclic) bond motifs is 1. The number of halogens is 2. The predicted molar refractivity (Wildman–Crippen MR) is 98.8 cm³/mol. The van der Waals surface area contributed by atoms with E-state index in [0.717, 1.165) is 17.7 Å². The van der Waals surface area contributed by atoms with E-state index in [1.165, 1.54) is 13.2 Å². The summed E-state index contributed by atoms with van der Waals surface area (Å²) in [5.41, 5.74) is 2.88. The van der Waals surface area contributed by atoms with Crippen LogP contribution in [-0.4, -0.2) is 32.1 Å². The molecule has 0 spiro atoms. The first-order chi connectivity index (χ1) is 12.0. The van der Waals surface area contributed by atoms with E-state index in [9.17, 15) is 9.59 Å². The van der Waals surface area contributed by atoms with Crippen molar-refractivity contribution in [3.05, 3.63) is 57.6 Å². The third-order valence-electron chi connectivity index (χ3n) is 3.99. The quantitative estimate of drug-likeness (QED) is 0.880. The van der Waals surface area contributed by atoms with Crippen LogP contribution in [-0.2, 0) is 16.0 Å². The summed E-state index contributed by atoms with van der Waals surface area (Å²) in [6.45, 7) is 0.640. The van der Waals surface area contributed by atoms with Crippen LogP contribution in [0.3, 0.4) is 0 Å². The van der Waals surface area contributed by atoms with Gasteiger partial charge in [0.2, 0.25) is 0 Å². The van der Waals surface area contributed by atoms with Gasteiger partial charge in [-0.05, 0) is 42.3 Å². The van der Waals surface area contributed by atoms with Gasteiger partial charge in [-0.25, -0.2) is 0 Å².